The van der Waals surface area contributed by atoms with Gasteiger partial charge in [-0.15, -0.1) is 0 Å². The van der Waals surface area contributed by atoms with Crippen molar-refractivity contribution in [2.45, 2.75) is 19.6 Å². The van der Waals surface area contributed by atoms with E-state index in [1.165, 1.54) is 24.4 Å². The van der Waals surface area contributed by atoms with Crippen LogP contribution in [0.5, 0.6) is 5.75 Å². The lowest BCUT2D eigenvalue weighted by Crippen LogP contribution is -2.31. The summed E-state index contributed by atoms with van der Waals surface area (Å²) in [4.78, 5) is 15.4. The third-order valence-electron chi connectivity index (χ3n) is 2.97. The van der Waals surface area contributed by atoms with Crippen molar-refractivity contribution in [1.82, 2.24) is 10.3 Å². The van der Waals surface area contributed by atoms with Crippen molar-refractivity contribution in [3.63, 3.8) is 0 Å². The topological polar surface area (TPSA) is 63.2 Å². The number of alkyl halides is 2. The number of pyridine rings is 1. The minimum atomic E-state index is -2.89. The van der Waals surface area contributed by atoms with E-state index >= 15 is 0 Å². The van der Waals surface area contributed by atoms with Gasteiger partial charge in [0.25, 0.3) is 0 Å². The fourth-order valence-corrected chi connectivity index (χ4v) is 1.85. The Morgan fingerprint density at radius 1 is 1.22 bits per heavy atom. The zero-order chi connectivity index (χ0) is 16.8. The predicted octanol–water partition coefficient (Wildman–Crippen LogP) is 3.70. The Labute approximate surface area is 130 Å². The molecule has 0 saturated heterocycles. The number of rotatable bonds is 5. The molecule has 2 N–H and O–H groups in total. The number of nitrogens with zero attached hydrogens (tertiary/aromatic N) is 1. The normalized spacial score (nSPS) is 11.9. The molecule has 1 aromatic heterocycles. The van der Waals surface area contributed by atoms with Crippen molar-refractivity contribution in [2.24, 2.45) is 0 Å². The molecule has 2 aromatic rings. The van der Waals surface area contributed by atoms with Crippen LogP contribution in [0.25, 0.3) is 0 Å². The van der Waals surface area contributed by atoms with Gasteiger partial charge in [0.2, 0.25) is 0 Å². The first-order valence-electron chi connectivity index (χ1n) is 6.67. The number of hydrogen-bond acceptors (Lipinski definition) is 3. The molecule has 0 aliphatic carbocycles. The Balaban J connectivity index is 1.94. The number of carbonyl (C=O) groups is 1. The van der Waals surface area contributed by atoms with Crippen molar-refractivity contribution in [2.75, 3.05) is 5.32 Å². The molecule has 1 atom stereocenters. The predicted molar refractivity (Wildman–Crippen MR) is 77.8 cm³/mol. The van der Waals surface area contributed by atoms with Crippen molar-refractivity contribution >= 4 is 11.7 Å². The highest BCUT2D eigenvalue weighted by molar-refractivity contribution is 5.89. The Kier molecular flexibility index (Phi) is 5.40. The highest BCUT2D eigenvalue weighted by Gasteiger charge is 2.12. The number of benzene rings is 1. The summed E-state index contributed by atoms with van der Waals surface area (Å²) in [5, 5.41) is 4.97. The summed E-state index contributed by atoms with van der Waals surface area (Å²) >= 11 is 0. The number of carbonyl (C=O) groups excluding carboxylic acids is 1. The number of urea groups is 1. The molecule has 2 amide bonds. The second kappa shape index (κ2) is 7.48. The largest absolute Gasteiger partial charge is 0.435 e. The summed E-state index contributed by atoms with van der Waals surface area (Å²) in [5.74, 6) is -0.622. The molecule has 1 aromatic carbocycles. The van der Waals surface area contributed by atoms with E-state index in [0.29, 0.717) is 5.56 Å². The molecule has 0 bridgehead atoms. The third kappa shape index (κ3) is 4.87. The van der Waals surface area contributed by atoms with Crippen LogP contribution in [0.4, 0.5) is 23.7 Å². The molecule has 122 valence electrons. The second-order valence-corrected chi connectivity index (χ2v) is 4.62. The van der Waals surface area contributed by atoms with E-state index in [9.17, 15) is 18.0 Å². The van der Waals surface area contributed by atoms with Crippen LogP contribution in [0.15, 0.2) is 42.7 Å². The lowest BCUT2D eigenvalue weighted by molar-refractivity contribution is -0.0498. The first-order chi connectivity index (χ1) is 11.0. The maximum absolute atomic E-state index is 13.4. The zero-order valence-corrected chi connectivity index (χ0v) is 12.1. The highest BCUT2D eigenvalue weighted by Crippen LogP contribution is 2.19. The van der Waals surface area contributed by atoms with Gasteiger partial charge in [-0.1, -0.05) is 12.1 Å². The van der Waals surface area contributed by atoms with Gasteiger partial charge < -0.3 is 15.4 Å². The summed E-state index contributed by atoms with van der Waals surface area (Å²) in [6.45, 7) is -1.19. The molecule has 0 aliphatic rings. The summed E-state index contributed by atoms with van der Waals surface area (Å²) in [6, 6.07) is 6.16. The molecule has 1 unspecified atom stereocenters. The van der Waals surface area contributed by atoms with Crippen LogP contribution in [-0.2, 0) is 0 Å². The molecule has 0 fully saturated rings. The van der Waals surface area contributed by atoms with E-state index in [0.717, 1.165) is 6.20 Å². The summed E-state index contributed by atoms with van der Waals surface area (Å²) in [7, 11) is 0. The van der Waals surface area contributed by atoms with Gasteiger partial charge in [-0.25, -0.2) is 9.18 Å². The van der Waals surface area contributed by atoms with E-state index < -0.39 is 24.5 Å². The smallest absolute Gasteiger partial charge is 0.387 e. The van der Waals surface area contributed by atoms with Crippen LogP contribution >= 0.6 is 0 Å². The molecule has 2 rings (SSSR count). The molecular weight excluding hydrogens is 311 g/mol. The molecule has 0 aliphatic heterocycles. The SMILES string of the molecule is CC(NC(=O)Nc1ccncc1F)c1ccc(OC(F)F)cc1. The second-order valence-electron chi connectivity index (χ2n) is 4.62. The van der Waals surface area contributed by atoms with Crippen LogP contribution < -0.4 is 15.4 Å². The van der Waals surface area contributed by atoms with E-state index in [4.69, 9.17) is 0 Å². The lowest BCUT2D eigenvalue weighted by Gasteiger charge is -2.15. The van der Waals surface area contributed by atoms with Gasteiger partial charge in [0.1, 0.15) is 5.75 Å². The third-order valence-corrected chi connectivity index (χ3v) is 2.97. The van der Waals surface area contributed by atoms with E-state index in [-0.39, 0.29) is 11.4 Å². The number of anilines is 1. The van der Waals surface area contributed by atoms with Crippen molar-refractivity contribution in [3.8, 4) is 5.75 Å². The maximum Gasteiger partial charge on any atom is 0.387 e. The fourth-order valence-electron chi connectivity index (χ4n) is 1.85. The van der Waals surface area contributed by atoms with Crippen LogP contribution in [0.2, 0.25) is 0 Å². The number of halogens is 3. The fraction of sp³-hybridized carbons (Fsp3) is 0.200. The number of hydrogen-bond donors (Lipinski definition) is 2. The Bertz CT molecular complexity index is 665. The van der Waals surface area contributed by atoms with Crippen LogP contribution in [-0.4, -0.2) is 17.6 Å². The maximum atomic E-state index is 13.4. The molecule has 23 heavy (non-hydrogen) atoms. The van der Waals surface area contributed by atoms with E-state index in [1.54, 1.807) is 19.1 Å². The zero-order valence-electron chi connectivity index (χ0n) is 12.1. The highest BCUT2D eigenvalue weighted by atomic mass is 19.3. The average molecular weight is 325 g/mol. The van der Waals surface area contributed by atoms with Crippen LogP contribution in [0.3, 0.4) is 0 Å². The average Bonchev–Trinajstić information content (AvgIpc) is 2.49. The van der Waals surface area contributed by atoms with Gasteiger partial charge in [-0.05, 0) is 30.7 Å². The molecule has 5 nitrogen and oxygen atoms in total. The lowest BCUT2D eigenvalue weighted by atomic mass is 10.1. The van der Waals surface area contributed by atoms with Gasteiger partial charge in [0.05, 0.1) is 17.9 Å². The van der Waals surface area contributed by atoms with Crippen molar-refractivity contribution in [3.05, 3.63) is 54.1 Å². The standard InChI is InChI=1S/C15H14F3N3O2/c1-9(10-2-4-11(5-3-10)23-14(17)18)20-15(22)21-13-6-7-19-8-12(13)16/h2-9,14H,1H3,(H2,19,20,21,22). The first kappa shape index (κ1) is 16.6. The molecular formula is C15H14F3N3O2. The summed E-state index contributed by atoms with van der Waals surface area (Å²) in [5.41, 5.74) is 0.683. The molecule has 0 spiro atoms. The Hall–Kier alpha value is -2.77. The molecule has 1 heterocycles. The quantitative estimate of drug-likeness (QED) is 0.881. The van der Waals surface area contributed by atoms with Crippen molar-refractivity contribution < 1.29 is 22.7 Å². The number of ether oxygens (including phenoxy) is 1. The Morgan fingerprint density at radius 2 is 1.91 bits per heavy atom. The van der Waals surface area contributed by atoms with E-state index in [2.05, 4.69) is 20.4 Å². The monoisotopic (exact) mass is 325 g/mol. The van der Waals surface area contributed by atoms with Gasteiger partial charge in [0.15, 0.2) is 5.82 Å². The van der Waals surface area contributed by atoms with Gasteiger partial charge in [-0.2, -0.15) is 8.78 Å². The molecule has 8 heteroatoms. The summed E-state index contributed by atoms with van der Waals surface area (Å²) in [6.07, 6.45) is 2.34. The van der Waals surface area contributed by atoms with Crippen LogP contribution in [0.1, 0.15) is 18.5 Å². The van der Waals surface area contributed by atoms with Crippen molar-refractivity contribution in [1.29, 1.82) is 0 Å². The minimum Gasteiger partial charge on any atom is -0.435 e. The number of aromatic nitrogens is 1. The minimum absolute atomic E-state index is 0.00498. The first-order valence-corrected chi connectivity index (χ1v) is 6.67. The molecule has 0 saturated carbocycles. The molecule has 0 radical (unpaired) electrons. The van der Waals surface area contributed by atoms with Gasteiger partial charge in [0, 0.05) is 6.20 Å². The number of nitrogens with one attached hydrogen (secondary N) is 2. The number of amides is 2. The Morgan fingerprint density at radius 3 is 2.52 bits per heavy atom. The summed E-state index contributed by atoms with van der Waals surface area (Å²) < 4.78 is 41.8. The van der Waals surface area contributed by atoms with Gasteiger partial charge >= 0.3 is 12.6 Å². The van der Waals surface area contributed by atoms with Gasteiger partial charge in [-0.3, -0.25) is 4.98 Å². The van der Waals surface area contributed by atoms with Crippen LogP contribution in [0, 0.1) is 5.82 Å². The van der Waals surface area contributed by atoms with E-state index in [1.807, 2.05) is 0 Å².